The number of rotatable bonds is 5. The Morgan fingerprint density at radius 1 is 1.23 bits per heavy atom. The van der Waals surface area contributed by atoms with Crippen LogP contribution in [0, 0.1) is 25.6 Å². The van der Waals surface area contributed by atoms with Crippen molar-refractivity contribution in [3.05, 3.63) is 64.7 Å². The molecular weight excluding hydrogens is 411 g/mol. The van der Waals surface area contributed by atoms with E-state index in [2.05, 4.69) is 22.2 Å². The Kier molecular flexibility index (Phi) is 6.32. The fraction of sp³-hybridized carbons (Fsp3) is 0.375. The molecule has 31 heavy (non-hydrogen) atoms. The summed E-state index contributed by atoms with van der Waals surface area (Å²) < 4.78 is 13.4. The number of anilines is 1. The van der Waals surface area contributed by atoms with Crippen LogP contribution in [0.4, 0.5) is 10.2 Å². The minimum absolute atomic E-state index is 0.0485. The molecule has 0 spiro atoms. The molecule has 0 saturated carbocycles. The second kappa shape index (κ2) is 9.14. The van der Waals surface area contributed by atoms with Crippen molar-refractivity contribution < 1.29 is 9.18 Å². The number of carbonyl (C=O) groups is 1. The van der Waals surface area contributed by atoms with Crippen LogP contribution in [0.5, 0.6) is 0 Å². The van der Waals surface area contributed by atoms with Crippen LogP contribution in [0.15, 0.2) is 42.6 Å². The van der Waals surface area contributed by atoms with Gasteiger partial charge in [0.05, 0.1) is 15.9 Å². The number of piperidine rings is 1. The summed E-state index contributed by atoms with van der Waals surface area (Å²) in [5, 5.41) is 4.23. The molecule has 1 N–H and O–H groups in total. The van der Waals surface area contributed by atoms with Crippen LogP contribution in [-0.4, -0.2) is 39.9 Å². The second-order valence-electron chi connectivity index (χ2n) is 8.20. The molecule has 1 aromatic carbocycles. The van der Waals surface area contributed by atoms with E-state index >= 15 is 0 Å². The number of hydrogen-bond acceptors (Lipinski definition) is 5. The van der Waals surface area contributed by atoms with Crippen molar-refractivity contribution >= 4 is 23.1 Å². The van der Waals surface area contributed by atoms with Crippen molar-refractivity contribution in [3.63, 3.8) is 0 Å². The number of benzene rings is 1. The Hall–Kier alpha value is -2.80. The lowest BCUT2D eigenvalue weighted by molar-refractivity contribution is 0.0535. The van der Waals surface area contributed by atoms with E-state index in [1.165, 1.54) is 23.5 Å². The standard InChI is InChI=1S/C24H27FN4OS/c1-15-6-11-21(26-13-15)27-14-20-16(2)5-4-12-29(20)24(30)22-23(31-17(3)28-22)18-7-9-19(25)10-8-18/h6-11,13,16,20H,4-5,12,14H2,1-3H3,(H,26,27)/t16-,20?/m1/s1. The third kappa shape index (κ3) is 4.77. The number of carbonyl (C=O) groups excluding carboxylic acids is 1. The van der Waals surface area contributed by atoms with Crippen molar-refractivity contribution in [2.24, 2.45) is 5.92 Å². The zero-order valence-electron chi connectivity index (χ0n) is 18.1. The molecular formula is C24H27FN4OS. The number of aryl methyl sites for hydroxylation is 2. The first-order valence-corrected chi connectivity index (χ1v) is 11.4. The van der Waals surface area contributed by atoms with E-state index in [-0.39, 0.29) is 17.8 Å². The summed E-state index contributed by atoms with van der Waals surface area (Å²) in [6.45, 7) is 7.44. The lowest BCUT2D eigenvalue weighted by atomic mass is 9.90. The van der Waals surface area contributed by atoms with E-state index < -0.39 is 0 Å². The first kappa shape index (κ1) is 21.4. The van der Waals surface area contributed by atoms with Gasteiger partial charge in [0.15, 0.2) is 0 Å². The number of nitrogens with zero attached hydrogens (tertiary/aromatic N) is 3. The van der Waals surface area contributed by atoms with E-state index in [0.717, 1.165) is 39.7 Å². The summed E-state index contributed by atoms with van der Waals surface area (Å²) in [6.07, 6.45) is 3.89. The average Bonchev–Trinajstić information content (AvgIpc) is 3.15. The van der Waals surface area contributed by atoms with Crippen LogP contribution in [0.25, 0.3) is 10.4 Å². The number of aromatic nitrogens is 2. The number of hydrogen-bond donors (Lipinski definition) is 1. The highest BCUT2D eigenvalue weighted by Gasteiger charge is 2.34. The van der Waals surface area contributed by atoms with E-state index in [9.17, 15) is 9.18 Å². The topological polar surface area (TPSA) is 58.1 Å². The van der Waals surface area contributed by atoms with Gasteiger partial charge < -0.3 is 10.2 Å². The summed E-state index contributed by atoms with van der Waals surface area (Å²) in [7, 11) is 0. The number of thiazole rings is 1. The van der Waals surface area contributed by atoms with Gasteiger partial charge in [0.1, 0.15) is 17.3 Å². The fourth-order valence-corrected chi connectivity index (χ4v) is 5.01. The molecule has 1 amide bonds. The van der Waals surface area contributed by atoms with Crippen molar-refractivity contribution in [3.8, 4) is 10.4 Å². The molecule has 2 aromatic heterocycles. The molecule has 1 saturated heterocycles. The number of amides is 1. The van der Waals surface area contributed by atoms with Gasteiger partial charge in [-0.3, -0.25) is 4.79 Å². The molecule has 162 valence electrons. The smallest absolute Gasteiger partial charge is 0.274 e. The number of likely N-dealkylation sites (tertiary alicyclic amines) is 1. The Bertz CT molecular complexity index is 1050. The van der Waals surface area contributed by atoms with Gasteiger partial charge in [-0.1, -0.05) is 25.1 Å². The maximum absolute atomic E-state index is 13.6. The van der Waals surface area contributed by atoms with Crippen molar-refractivity contribution in [1.29, 1.82) is 0 Å². The van der Waals surface area contributed by atoms with E-state index in [4.69, 9.17) is 0 Å². The molecule has 2 atom stereocenters. The monoisotopic (exact) mass is 438 g/mol. The summed E-state index contributed by atoms with van der Waals surface area (Å²) in [6, 6.07) is 10.3. The van der Waals surface area contributed by atoms with Crippen LogP contribution in [-0.2, 0) is 0 Å². The van der Waals surface area contributed by atoms with Gasteiger partial charge >= 0.3 is 0 Å². The second-order valence-corrected chi connectivity index (χ2v) is 9.41. The Labute approximate surface area is 186 Å². The van der Waals surface area contributed by atoms with Gasteiger partial charge in [0.25, 0.3) is 5.91 Å². The quantitative estimate of drug-likeness (QED) is 0.586. The highest BCUT2D eigenvalue weighted by atomic mass is 32.1. The van der Waals surface area contributed by atoms with Gasteiger partial charge in [-0.15, -0.1) is 11.3 Å². The average molecular weight is 439 g/mol. The largest absolute Gasteiger partial charge is 0.368 e. The molecule has 0 bridgehead atoms. The maximum atomic E-state index is 13.6. The molecule has 4 rings (SSSR count). The van der Waals surface area contributed by atoms with Crippen molar-refractivity contribution in [1.82, 2.24) is 14.9 Å². The molecule has 5 nitrogen and oxygen atoms in total. The highest BCUT2D eigenvalue weighted by Crippen LogP contribution is 2.33. The summed E-state index contributed by atoms with van der Waals surface area (Å²) in [4.78, 5) is 25.4. The fourth-order valence-electron chi connectivity index (χ4n) is 4.10. The minimum Gasteiger partial charge on any atom is -0.368 e. The summed E-state index contributed by atoms with van der Waals surface area (Å²) in [5.74, 6) is 0.828. The zero-order chi connectivity index (χ0) is 22.0. The highest BCUT2D eigenvalue weighted by molar-refractivity contribution is 7.15. The molecule has 0 radical (unpaired) electrons. The van der Waals surface area contributed by atoms with Gasteiger partial charge in [-0.2, -0.15) is 0 Å². The van der Waals surface area contributed by atoms with Crippen LogP contribution in [0.1, 0.15) is 40.8 Å². The van der Waals surface area contributed by atoms with Gasteiger partial charge in [0, 0.05) is 19.3 Å². The number of halogens is 1. The number of nitrogens with one attached hydrogen (secondary N) is 1. The van der Waals surface area contributed by atoms with Crippen LogP contribution in [0.3, 0.4) is 0 Å². The Morgan fingerprint density at radius 2 is 2.00 bits per heavy atom. The SMILES string of the molecule is Cc1ccc(NCC2[C@H](C)CCCN2C(=O)c2nc(C)sc2-c2ccc(F)cc2)nc1. The van der Waals surface area contributed by atoms with E-state index in [1.54, 1.807) is 12.1 Å². The van der Waals surface area contributed by atoms with E-state index in [1.807, 2.05) is 37.1 Å². The summed E-state index contributed by atoms with van der Waals surface area (Å²) in [5.41, 5.74) is 2.39. The van der Waals surface area contributed by atoms with Gasteiger partial charge in [-0.25, -0.2) is 14.4 Å². The summed E-state index contributed by atoms with van der Waals surface area (Å²) >= 11 is 1.47. The molecule has 1 aliphatic rings. The van der Waals surface area contributed by atoms with Crippen LogP contribution < -0.4 is 5.32 Å². The number of pyridine rings is 1. The van der Waals surface area contributed by atoms with Gasteiger partial charge in [-0.05, 0) is 61.9 Å². The minimum atomic E-state index is -0.293. The van der Waals surface area contributed by atoms with Crippen molar-refractivity contribution in [2.75, 3.05) is 18.4 Å². The molecule has 0 aliphatic carbocycles. The molecule has 7 heteroatoms. The Balaban J connectivity index is 1.58. The molecule has 1 unspecified atom stereocenters. The lowest BCUT2D eigenvalue weighted by Crippen LogP contribution is -2.51. The predicted octanol–water partition coefficient (Wildman–Crippen LogP) is 5.31. The molecule has 3 heterocycles. The van der Waals surface area contributed by atoms with Crippen LogP contribution in [0.2, 0.25) is 0 Å². The molecule has 1 aliphatic heterocycles. The normalized spacial score (nSPS) is 18.8. The third-order valence-electron chi connectivity index (χ3n) is 5.82. The lowest BCUT2D eigenvalue weighted by Gasteiger charge is -2.40. The molecule has 3 aromatic rings. The predicted molar refractivity (Wildman–Crippen MR) is 123 cm³/mol. The maximum Gasteiger partial charge on any atom is 0.274 e. The first-order valence-electron chi connectivity index (χ1n) is 10.6. The van der Waals surface area contributed by atoms with Crippen LogP contribution >= 0.6 is 11.3 Å². The van der Waals surface area contributed by atoms with Gasteiger partial charge in [0.2, 0.25) is 0 Å². The third-order valence-corrected chi connectivity index (χ3v) is 6.84. The first-order chi connectivity index (χ1) is 14.9. The Morgan fingerprint density at radius 3 is 2.71 bits per heavy atom. The molecule has 1 fully saturated rings. The van der Waals surface area contributed by atoms with Crippen molar-refractivity contribution in [2.45, 2.75) is 39.7 Å². The zero-order valence-corrected chi connectivity index (χ0v) is 18.9. The van der Waals surface area contributed by atoms with E-state index in [0.29, 0.717) is 24.7 Å².